The normalized spacial score (nSPS) is 12.3. The van der Waals surface area contributed by atoms with Crippen LogP contribution in [-0.2, 0) is 6.54 Å². The van der Waals surface area contributed by atoms with Gasteiger partial charge in [0.05, 0.1) is 0 Å². The molecule has 0 aromatic heterocycles. The Morgan fingerprint density at radius 1 is 1.24 bits per heavy atom. The fourth-order valence-corrected chi connectivity index (χ4v) is 2.24. The highest BCUT2D eigenvalue weighted by molar-refractivity contribution is 5.83. The van der Waals surface area contributed by atoms with Crippen LogP contribution in [0.5, 0.6) is 0 Å². The van der Waals surface area contributed by atoms with Crippen LogP contribution in [0.2, 0.25) is 0 Å². The molecular weight excluding hydrogens is 269 g/mol. The third-order valence-electron chi connectivity index (χ3n) is 3.34. The second kappa shape index (κ2) is 7.04. The van der Waals surface area contributed by atoms with Crippen LogP contribution in [0.25, 0.3) is 10.8 Å². The Morgan fingerprint density at radius 3 is 2.71 bits per heavy atom. The first-order chi connectivity index (χ1) is 10.0. The zero-order valence-electron chi connectivity index (χ0n) is 12.0. The summed E-state index contributed by atoms with van der Waals surface area (Å²) in [6.45, 7) is 3.43. The van der Waals surface area contributed by atoms with E-state index in [9.17, 15) is 9.18 Å². The van der Waals surface area contributed by atoms with Crippen molar-refractivity contribution in [2.75, 3.05) is 6.54 Å². The minimum Gasteiger partial charge on any atom is -0.352 e. The third kappa shape index (κ3) is 4.72. The summed E-state index contributed by atoms with van der Waals surface area (Å²) >= 11 is 0. The number of carbonyl (C=O) groups excluding carboxylic acids is 1. The van der Waals surface area contributed by atoms with Crippen LogP contribution in [0.3, 0.4) is 0 Å². The molecule has 4 N–H and O–H groups in total. The van der Waals surface area contributed by atoms with Gasteiger partial charge in [0.25, 0.3) is 0 Å². The van der Waals surface area contributed by atoms with Crippen LogP contribution in [0.1, 0.15) is 18.9 Å². The summed E-state index contributed by atoms with van der Waals surface area (Å²) in [7, 11) is 0. The lowest BCUT2D eigenvalue weighted by molar-refractivity contribution is 0.245. The van der Waals surface area contributed by atoms with E-state index >= 15 is 0 Å². The van der Waals surface area contributed by atoms with Gasteiger partial charge in [-0.15, -0.1) is 0 Å². The van der Waals surface area contributed by atoms with E-state index in [0.717, 1.165) is 35.8 Å². The fourth-order valence-electron chi connectivity index (χ4n) is 2.24. The van der Waals surface area contributed by atoms with E-state index in [1.807, 2.05) is 25.1 Å². The Kier molecular flexibility index (Phi) is 5.11. The molecule has 0 fully saturated rings. The topological polar surface area (TPSA) is 67.2 Å². The summed E-state index contributed by atoms with van der Waals surface area (Å²) in [4.78, 5) is 10.7. The number of rotatable bonds is 6. The van der Waals surface area contributed by atoms with Crippen LogP contribution in [0, 0.1) is 5.82 Å². The number of hydrogen-bond acceptors (Lipinski definition) is 2. The molecule has 2 aromatic rings. The van der Waals surface area contributed by atoms with Gasteiger partial charge in [-0.1, -0.05) is 18.2 Å². The maximum absolute atomic E-state index is 13.1. The van der Waals surface area contributed by atoms with Gasteiger partial charge < -0.3 is 16.4 Å². The van der Waals surface area contributed by atoms with Crippen LogP contribution in [-0.4, -0.2) is 18.6 Å². The van der Waals surface area contributed by atoms with Gasteiger partial charge in [-0.3, -0.25) is 0 Å². The van der Waals surface area contributed by atoms with E-state index in [1.54, 1.807) is 6.07 Å². The summed E-state index contributed by atoms with van der Waals surface area (Å²) in [5.74, 6) is -0.218. The molecular formula is C16H20FN3O. The second-order valence-corrected chi connectivity index (χ2v) is 5.20. The smallest absolute Gasteiger partial charge is 0.312 e. The number of carbonyl (C=O) groups is 1. The zero-order valence-corrected chi connectivity index (χ0v) is 12.0. The molecule has 0 bridgehead atoms. The molecule has 4 nitrogen and oxygen atoms in total. The average molecular weight is 289 g/mol. The lowest BCUT2D eigenvalue weighted by Gasteiger charge is -2.12. The van der Waals surface area contributed by atoms with Crippen LogP contribution in [0.15, 0.2) is 36.4 Å². The molecule has 0 saturated heterocycles. The lowest BCUT2D eigenvalue weighted by atomic mass is 10.1. The molecule has 0 aliphatic rings. The molecule has 0 saturated carbocycles. The number of halogens is 1. The quantitative estimate of drug-likeness (QED) is 0.715. The number of nitrogens with two attached hydrogens (primary N) is 1. The summed E-state index contributed by atoms with van der Waals surface area (Å²) in [5.41, 5.74) is 6.20. The van der Waals surface area contributed by atoms with Crippen molar-refractivity contribution < 1.29 is 9.18 Å². The van der Waals surface area contributed by atoms with Crippen molar-refractivity contribution in [2.45, 2.75) is 25.9 Å². The molecule has 5 heteroatoms. The maximum Gasteiger partial charge on any atom is 0.312 e. The molecule has 1 unspecified atom stereocenters. The molecule has 0 aliphatic heterocycles. The molecule has 0 radical (unpaired) electrons. The highest BCUT2D eigenvalue weighted by Crippen LogP contribution is 2.17. The highest BCUT2D eigenvalue weighted by Gasteiger charge is 2.03. The summed E-state index contributed by atoms with van der Waals surface area (Å²) in [6.07, 6.45) is 0.807. The molecule has 21 heavy (non-hydrogen) atoms. The molecule has 1 atom stereocenters. The third-order valence-corrected chi connectivity index (χ3v) is 3.34. The zero-order chi connectivity index (χ0) is 15.2. The van der Waals surface area contributed by atoms with Crippen molar-refractivity contribution >= 4 is 16.8 Å². The van der Waals surface area contributed by atoms with Gasteiger partial charge in [0, 0.05) is 12.6 Å². The first-order valence-electron chi connectivity index (χ1n) is 6.99. The van der Waals surface area contributed by atoms with Crippen molar-refractivity contribution in [1.29, 1.82) is 0 Å². The maximum atomic E-state index is 13.1. The first kappa shape index (κ1) is 15.3. The predicted molar refractivity (Wildman–Crippen MR) is 82.4 cm³/mol. The second-order valence-electron chi connectivity index (χ2n) is 5.20. The van der Waals surface area contributed by atoms with Crippen molar-refractivity contribution in [2.24, 2.45) is 5.73 Å². The lowest BCUT2D eigenvalue weighted by Crippen LogP contribution is -2.38. The standard InChI is InChI=1S/C16H20FN3O/c1-11(20-16(18)21)6-7-19-10-12-2-3-14-9-15(17)5-4-13(14)8-12/h2-5,8-9,11,19H,6-7,10H2,1H3,(H3,18,20,21). The van der Waals surface area contributed by atoms with Gasteiger partial charge in [-0.25, -0.2) is 9.18 Å². The Morgan fingerprint density at radius 2 is 1.95 bits per heavy atom. The number of benzene rings is 2. The predicted octanol–water partition coefficient (Wildman–Crippen LogP) is 2.52. The minimum atomic E-state index is -0.496. The molecule has 2 aromatic carbocycles. The van der Waals surface area contributed by atoms with Crippen LogP contribution in [0.4, 0.5) is 9.18 Å². The Bertz CT molecular complexity index is 630. The van der Waals surface area contributed by atoms with E-state index in [0.29, 0.717) is 0 Å². The SMILES string of the molecule is CC(CCNCc1ccc2cc(F)ccc2c1)NC(N)=O. The van der Waals surface area contributed by atoms with Gasteiger partial charge in [0.15, 0.2) is 0 Å². The van der Waals surface area contributed by atoms with E-state index in [1.165, 1.54) is 12.1 Å². The van der Waals surface area contributed by atoms with Gasteiger partial charge in [-0.2, -0.15) is 0 Å². The van der Waals surface area contributed by atoms with E-state index < -0.39 is 6.03 Å². The monoisotopic (exact) mass is 289 g/mol. The molecule has 0 aliphatic carbocycles. The fraction of sp³-hybridized carbons (Fsp3) is 0.312. The van der Waals surface area contributed by atoms with E-state index in [4.69, 9.17) is 5.73 Å². The molecule has 2 rings (SSSR count). The van der Waals surface area contributed by atoms with Crippen molar-refractivity contribution in [3.05, 3.63) is 47.8 Å². The summed E-state index contributed by atoms with van der Waals surface area (Å²) in [5, 5.41) is 7.88. The molecule has 0 heterocycles. The summed E-state index contributed by atoms with van der Waals surface area (Å²) in [6, 6.07) is 10.3. The Balaban J connectivity index is 1.83. The number of amides is 2. The van der Waals surface area contributed by atoms with Crippen molar-refractivity contribution in [3.8, 4) is 0 Å². The van der Waals surface area contributed by atoms with Gasteiger partial charge in [0.2, 0.25) is 0 Å². The number of urea groups is 1. The largest absolute Gasteiger partial charge is 0.352 e. The molecule has 112 valence electrons. The van der Waals surface area contributed by atoms with Crippen molar-refractivity contribution in [1.82, 2.24) is 10.6 Å². The van der Waals surface area contributed by atoms with E-state index in [-0.39, 0.29) is 11.9 Å². The summed E-state index contributed by atoms with van der Waals surface area (Å²) < 4.78 is 13.1. The van der Waals surface area contributed by atoms with Gasteiger partial charge in [-0.05, 0) is 54.4 Å². The minimum absolute atomic E-state index is 0.0505. The molecule has 2 amide bonds. The van der Waals surface area contributed by atoms with Crippen LogP contribution >= 0.6 is 0 Å². The number of nitrogens with one attached hydrogen (secondary N) is 2. The number of primary amides is 1. The first-order valence-corrected chi connectivity index (χ1v) is 6.99. The van der Waals surface area contributed by atoms with Gasteiger partial charge in [0.1, 0.15) is 5.82 Å². The Labute approximate surface area is 123 Å². The van der Waals surface area contributed by atoms with Gasteiger partial charge >= 0.3 is 6.03 Å². The highest BCUT2D eigenvalue weighted by atomic mass is 19.1. The number of hydrogen-bond donors (Lipinski definition) is 3. The molecule has 0 spiro atoms. The van der Waals surface area contributed by atoms with Crippen molar-refractivity contribution in [3.63, 3.8) is 0 Å². The average Bonchev–Trinajstić information content (AvgIpc) is 2.43. The van der Waals surface area contributed by atoms with E-state index in [2.05, 4.69) is 10.6 Å². The number of fused-ring (bicyclic) bond motifs is 1. The Hall–Kier alpha value is -2.14. The van der Waals surface area contributed by atoms with Crippen LogP contribution < -0.4 is 16.4 Å².